The predicted octanol–water partition coefficient (Wildman–Crippen LogP) is 6.76. The van der Waals surface area contributed by atoms with Crippen LogP contribution in [0.25, 0.3) is 0 Å². The van der Waals surface area contributed by atoms with Crippen molar-refractivity contribution in [3.8, 4) is 11.5 Å². The molecule has 2 aromatic rings. The number of unbranched alkanes of at least 4 members (excludes halogenated alkanes) is 9. The summed E-state index contributed by atoms with van der Waals surface area (Å²) in [5.41, 5.74) is 1.11. The summed E-state index contributed by atoms with van der Waals surface area (Å²) in [7, 11) is -1.76. The Hall–Kier alpha value is -2.74. The lowest BCUT2D eigenvalue weighted by atomic mass is 10.0. The molecule has 1 amide bonds. The van der Waals surface area contributed by atoms with Crippen molar-refractivity contribution < 1.29 is 22.7 Å². The number of sulfonamides is 1. The number of hydrogen-bond acceptors (Lipinski definition) is 5. The summed E-state index contributed by atoms with van der Waals surface area (Å²) in [6.07, 6.45) is 13.2. The second-order valence-electron chi connectivity index (χ2n) is 9.19. The largest absolute Gasteiger partial charge is 0.497 e. The van der Waals surface area contributed by atoms with Crippen LogP contribution in [0, 0.1) is 0 Å². The van der Waals surface area contributed by atoms with Crippen LogP contribution < -0.4 is 19.5 Å². The van der Waals surface area contributed by atoms with Crippen molar-refractivity contribution in [1.82, 2.24) is 0 Å². The Morgan fingerprint density at radius 2 is 1.28 bits per heavy atom. The van der Waals surface area contributed by atoms with Gasteiger partial charge in [-0.2, -0.15) is 0 Å². The van der Waals surface area contributed by atoms with Gasteiger partial charge in [-0.25, -0.2) is 8.42 Å². The van der Waals surface area contributed by atoms with Crippen LogP contribution in [-0.4, -0.2) is 33.8 Å². The highest BCUT2D eigenvalue weighted by Gasteiger charge is 2.20. The SMILES string of the molecule is CCCCCCCCCCCCC(Oc1ccc(NS(C)(=O)=O)cc1)C(=O)Nc1ccc(OC)cc1. The fourth-order valence-electron chi connectivity index (χ4n) is 3.94. The van der Waals surface area contributed by atoms with Crippen molar-refractivity contribution in [2.45, 2.75) is 83.7 Å². The van der Waals surface area contributed by atoms with E-state index < -0.39 is 16.1 Å². The normalized spacial score (nSPS) is 12.1. The van der Waals surface area contributed by atoms with Gasteiger partial charge in [-0.15, -0.1) is 0 Å². The van der Waals surface area contributed by atoms with Crippen LogP contribution in [0.15, 0.2) is 48.5 Å². The molecule has 0 saturated heterocycles. The zero-order chi connectivity index (χ0) is 26.2. The Bertz CT molecular complexity index is 992. The monoisotopic (exact) mass is 518 g/mol. The molecule has 0 heterocycles. The van der Waals surface area contributed by atoms with Gasteiger partial charge in [-0.1, -0.05) is 64.7 Å². The van der Waals surface area contributed by atoms with Crippen molar-refractivity contribution in [2.75, 3.05) is 23.4 Å². The Kier molecular flexibility index (Phi) is 13.2. The van der Waals surface area contributed by atoms with Gasteiger partial charge < -0.3 is 14.8 Å². The van der Waals surface area contributed by atoms with Gasteiger partial charge in [0.05, 0.1) is 13.4 Å². The topological polar surface area (TPSA) is 93.7 Å². The Balaban J connectivity index is 1.90. The summed E-state index contributed by atoms with van der Waals surface area (Å²) in [5, 5.41) is 2.93. The number of nitrogens with one attached hydrogen (secondary N) is 2. The summed E-state index contributed by atoms with van der Waals surface area (Å²) < 4.78 is 36.5. The van der Waals surface area contributed by atoms with Crippen LogP contribution >= 0.6 is 0 Å². The van der Waals surface area contributed by atoms with E-state index in [9.17, 15) is 13.2 Å². The maximum absolute atomic E-state index is 13.1. The molecule has 0 aromatic heterocycles. The van der Waals surface area contributed by atoms with E-state index in [1.54, 1.807) is 55.6 Å². The highest BCUT2D eigenvalue weighted by atomic mass is 32.2. The van der Waals surface area contributed by atoms with Crippen LogP contribution in [0.2, 0.25) is 0 Å². The molecular weight excluding hydrogens is 476 g/mol. The number of ether oxygens (including phenoxy) is 2. The average Bonchev–Trinajstić information content (AvgIpc) is 2.85. The molecule has 7 nitrogen and oxygen atoms in total. The van der Waals surface area contributed by atoms with E-state index in [0.29, 0.717) is 29.3 Å². The molecule has 0 spiro atoms. The van der Waals surface area contributed by atoms with Crippen LogP contribution in [-0.2, 0) is 14.8 Å². The fourth-order valence-corrected chi connectivity index (χ4v) is 4.50. The smallest absolute Gasteiger partial charge is 0.265 e. The van der Waals surface area contributed by atoms with Crippen LogP contribution in [0.3, 0.4) is 0 Å². The summed E-state index contributed by atoms with van der Waals surface area (Å²) in [5.74, 6) is 1.01. The van der Waals surface area contributed by atoms with E-state index in [-0.39, 0.29) is 5.91 Å². The Morgan fingerprint density at radius 1 is 0.778 bits per heavy atom. The number of anilines is 2. The minimum atomic E-state index is -3.36. The number of methoxy groups -OCH3 is 1. The molecule has 0 saturated carbocycles. The Labute approximate surface area is 217 Å². The maximum Gasteiger partial charge on any atom is 0.265 e. The van der Waals surface area contributed by atoms with E-state index >= 15 is 0 Å². The number of benzene rings is 2. The lowest BCUT2D eigenvalue weighted by Gasteiger charge is -2.19. The molecule has 0 aliphatic heterocycles. The first-order chi connectivity index (χ1) is 17.3. The molecule has 36 heavy (non-hydrogen) atoms. The lowest BCUT2D eigenvalue weighted by molar-refractivity contribution is -0.123. The van der Waals surface area contributed by atoms with Gasteiger partial charge in [-0.05, 0) is 61.4 Å². The van der Waals surface area contributed by atoms with Crippen molar-refractivity contribution in [3.63, 3.8) is 0 Å². The van der Waals surface area contributed by atoms with Gasteiger partial charge in [0.25, 0.3) is 5.91 Å². The third-order valence-electron chi connectivity index (χ3n) is 5.91. The molecule has 1 atom stereocenters. The zero-order valence-electron chi connectivity index (χ0n) is 21.9. The minimum Gasteiger partial charge on any atom is -0.497 e. The quantitative estimate of drug-likeness (QED) is 0.213. The van der Waals surface area contributed by atoms with Crippen LogP contribution in [0.5, 0.6) is 11.5 Å². The molecule has 0 bridgehead atoms. The van der Waals surface area contributed by atoms with Gasteiger partial charge in [0.2, 0.25) is 10.0 Å². The van der Waals surface area contributed by atoms with Crippen molar-refractivity contribution in [3.05, 3.63) is 48.5 Å². The second kappa shape index (κ2) is 16.1. The van der Waals surface area contributed by atoms with E-state index in [2.05, 4.69) is 17.0 Å². The van der Waals surface area contributed by atoms with E-state index in [1.807, 2.05) is 0 Å². The molecule has 0 radical (unpaired) electrons. The number of rotatable bonds is 18. The first-order valence-corrected chi connectivity index (χ1v) is 14.9. The summed E-state index contributed by atoms with van der Waals surface area (Å²) in [6.45, 7) is 2.24. The first-order valence-electron chi connectivity index (χ1n) is 13.0. The molecule has 2 N–H and O–H groups in total. The number of hydrogen-bond donors (Lipinski definition) is 2. The minimum absolute atomic E-state index is 0.213. The van der Waals surface area contributed by atoms with Gasteiger partial charge in [0.1, 0.15) is 11.5 Å². The van der Waals surface area contributed by atoms with Gasteiger partial charge >= 0.3 is 0 Å². The third kappa shape index (κ3) is 12.3. The predicted molar refractivity (Wildman–Crippen MR) is 147 cm³/mol. The molecule has 200 valence electrons. The summed E-state index contributed by atoms with van der Waals surface area (Å²) >= 11 is 0. The van der Waals surface area contributed by atoms with Gasteiger partial charge in [-0.3, -0.25) is 9.52 Å². The van der Waals surface area contributed by atoms with Crippen molar-refractivity contribution >= 4 is 27.3 Å². The molecule has 8 heteroatoms. The number of carbonyl (C=O) groups is 1. The van der Waals surface area contributed by atoms with E-state index in [0.717, 1.165) is 25.5 Å². The number of amides is 1. The van der Waals surface area contributed by atoms with E-state index in [4.69, 9.17) is 9.47 Å². The third-order valence-corrected chi connectivity index (χ3v) is 6.51. The molecule has 0 aliphatic rings. The lowest BCUT2D eigenvalue weighted by Crippen LogP contribution is -2.33. The maximum atomic E-state index is 13.1. The average molecular weight is 519 g/mol. The van der Waals surface area contributed by atoms with Gasteiger partial charge in [0.15, 0.2) is 6.10 Å². The van der Waals surface area contributed by atoms with Crippen molar-refractivity contribution in [1.29, 1.82) is 0 Å². The van der Waals surface area contributed by atoms with Gasteiger partial charge in [0, 0.05) is 11.4 Å². The van der Waals surface area contributed by atoms with Crippen molar-refractivity contribution in [2.24, 2.45) is 0 Å². The number of carbonyl (C=O) groups excluding carboxylic acids is 1. The standard InChI is InChI=1S/C28H42N2O5S/c1-4-5-6-7-8-9-10-11-12-13-14-27(28(31)29-23-15-19-25(34-2)20-16-23)35-26-21-17-24(18-22-26)30-36(3,32)33/h15-22,27,30H,4-14H2,1-3H3,(H,29,31). The molecule has 1 unspecified atom stereocenters. The second-order valence-corrected chi connectivity index (χ2v) is 10.9. The highest BCUT2D eigenvalue weighted by molar-refractivity contribution is 7.92. The molecule has 2 rings (SSSR count). The van der Waals surface area contributed by atoms with Crippen LogP contribution in [0.4, 0.5) is 11.4 Å². The summed E-state index contributed by atoms with van der Waals surface area (Å²) in [4.78, 5) is 13.1. The Morgan fingerprint density at radius 3 is 1.81 bits per heavy atom. The van der Waals surface area contributed by atoms with Crippen LogP contribution in [0.1, 0.15) is 77.6 Å². The molecule has 0 fully saturated rings. The summed E-state index contributed by atoms with van der Waals surface area (Å²) in [6, 6.07) is 13.7. The molecule has 2 aromatic carbocycles. The van der Waals surface area contributed by atoms with E-state index in [1.165, 1.54) is 44.9 Å². The molecular formula is C28H42N2O5S. The molecule has 0 aliphatic carbocycles. The zero-order valence-corrected chi connectivity index (χ0v) is 22.7. The highest BCUT2D eigenvalue weighted by Crippen LogP contribution is 2.22. The first kappa shape index (κ1) is 29.5. The fraction of sp³-hybridized carbons (Fsp3) is 0.536.